The number of benzene rings is 3. The molecule has 1 heterocycles. The van der Waals surface area contributed by atoms with E-state index in [0.29, 0.717) is 29.8 Å². The third kappa shape index (κ3) is 7.12. The van der Waals surface area contributed by atoms with E-state index in [0.717, 1.165) is 12.3 Å². The number of amides is 2. The molecule has 1 aromatic heterocycles. The third-order valence-electron chi connectivity index (χ3n) is 6.77. The smallest absolute Gasteiger partial charge is 0.240 e. The predicted molar refractivity (Wildman–Crippen MR) is 157 cm³/mol. The van der Waals surface area contributed by atoms with Gasteiger partial charge in [-0.25, -0.2) is 22.2 Å². The SMILES string of the molecule is CN(c1cccc(CS(C)(=O)=O)c1)c1nccc(Oc2ccc(NC(=O)C3(C(=O)Nc4ccc(F)cc4)CC3)cc2F)n1. The van der Waals surface area contributed by atoms with Gasteiger partial charge in [-0.15, -0.1) is 0 Å². The van der Waals surface area contributed by atoms with E-state index in [1.165, 1.54) is 48.7 Å². The zero-order valence-electron chi connectivity index (χ0n) is 23.2. The molecule has 0 radical (unpaired) electrons. The highest BCUT2D eigenvalue weighted by Crippen LogP contribution is 2.47. The van der Waals surface area contributed by atoms with Gasteiger partial charge in [-0.05, 0) is 66.9 Å². The van der Waals surface area contributed by atoms with E-state index >= 15 is 0 Å². The van der Waals surface area contributed by atoms with Crippen LogP contribution in [0.15, 0.2) is 79.0 Å². The molecule has 0 bridgehead atoms. The minimum absolute atomic E-state index is 0.0502. The molecule has 1 aliphatic carbocycles. The Hall–Kier alpha value is -4.91. The Morgan fingerprint density at radius 3 is 2.28 bits per heavy atom. The van der Waals surface area contributed by atoms with Crippen molar-refractivity contribution in [1.82, 2.24) is 9.97 Å². The first kappa shape index (κ1) is 29.6. The number of nitrogens with zero attached hydrogens (tertiary/aromatic N) is 3. The quantitative estimate of drug-likeness (QED) is 0.235. The van der Waals surface area contributed by atoms with Crippen LogP contribution in [0.4, 0.5) is 31.8 Å². The summed E-state index contributed by atoms with van der Waals surface area (Å²) in [7, 11) is -1.52. The van der Waals surface area contributed by atoms with Crippen molar-refractivity contribution in [3.05, 3.63) is 96.2 Å². The molecular formula is C30H27F2N5O5S. The Bertz CT molecular complexity index is 1800. The number of aromatic nitrogens is 2. The fourth-order valence-corrected chi connectivity index (χ4v) is 5.10. The fraction of sp³-hybridized carbons (Fsp3) is 0.200. The van der Waals surface area contributed by atoms with Crippen molar-refractivity contribution in [3.8, 4) is 11.6 Å². The second kappa shape index (κ2) is 11.8. The van der Waals surface area contributed by atoms with Gasteiger partial charge in [-0.2, -0.15) is 4.98 Å². The van der Waals surface area contributed by atoms with Gasteiger partial charge in [0, 0.05) is 48.7 Å². The lowest BCUT2D eigenvalue weighted by atomic mass is 10.0. The van der Waals surface area contributed by atoms with Crippen LogP contribution >= 0.6 is 0 Å². The predicted octanol–water partition coefficient (Wildman–Crippen LogP) is 5.22. The van der Waals surface area contributed by atoms with Gasteiger partial charge in [0.1, 0.15) is 11.2 Å². The van der Waals surface area contributed by atoms with Gasteiger partial charge in [-0.3, -0.25) is 9.59 Å². The van der Waals surface area contributed by atoms with Gasteiger partial charge in [0.2, 0.25) is 23.6 Å². The fourth-order valence-electron chi connectivity index (χ4n) is 4.31. The summed E-state index contributed by atoms with van der Waals surface area (Å²) in [6.45, 7) is 0. The van der Waals surface area contributed by atoms with Crippen molar-refractivity contribution in [2.75, 3.05) is 28.8 Å². The summed E-state index contributed by atoms with van der Waals surface area (Å²) < 4.78 is 57.2. The molecule has 43 heavy (non-hydrogen) atoms. The lowest BCUT2D eigenvalue weighted by molar-refractivity contribution is -0.131. The number of nitrogens with one attached hydrogen (secondary N) is 2. The summed E-state index contributed by atoms with van der Waals surface area (Å²) in [6.07, 6.45) is 3.24. The van der Waals surface area contributed by atoms with E-state index in [4.69, 9.17) is 4.74 Å². The Morgan fingerprint density at radius 2 is 1.63 bits per heavy atom. The Labute approximate surface area is 246 Å². The highest BCUT2D eigenvalue weighted by Gasteiger charge is 2.56. The van der Waals surface area contributed by atoms with Crippen LogP contribution in [0.5, 0.6) is 11.6 Å². The van der Waals surface area contributed by atoms with Crippen LogP contribution in [-0.2, 0) is 25.2 Å². The molecule has 2 amide bonds. The first-order chi connectivity index (χ1) is 20.4. The van der Waals surface area contributed by atoms with Crippen LogP contribution in [0.25, 0.3) is 0 Å². The van der Waals surface area contributed by atoms with Gasteiger partial charge in [-0.1, -0.05) is 12.1 Å². The molecule has 4 aromatic rings. The second-order valence-electron chi connectivity index (χ2n) is 10.2. The molecule has 222 valence electrons. The average Bonchev–Trinajstić information content (AvgIpc) is 3.77. The molecule has 1 aliphatic rings. The number of anilines is 4. The van der Waals surface area contributed by atoms with Crippen LogP contribution in [0.2, 0.25) is 0 Å². The van der Waals surface area contributed by atoms with E-state index in [1.54, 1.807) is 36.2 Å². The number of carbonyl (C=O) groups is 2. The Kier molecular flexibility index (Phi) is 8.09. The molecule has 3 aromatic carbocycles. The maximum atomic E-state index is 15.0. The van der Waals surface area contributed by atoms with Gasteiger partial charge in [0.25, 0.3) is 0 Å². The average molecular weight is 608 g/mol. The van der Waals surface area contributed by atoms with Crippen molar-refractivity contribution in [2.45, 2.75) is 18.6 Å². The second-order valence-corrected chi connectivity index (χ2v) is 12.4. The van der Waals surface area contributed by atoms with Crippen molar-refractivity contribution in [2.24, 2.45) is 5.41 Å². The Balaban J connectivity index is 1.24. The number of sulfone groups is 1. The van der Waals surface area contributed by atoms with E-state index in [1.807, 2.05) is 0 Å². The molecule has 0 spiro atoms. The number of halogens is 2. The van der Waals surface area contributed by atoms with Crippen LogP contribution in [0.3, 0.4) is 0 Å². The normalized spacial score (nSPS) is 13.6. The van der Waals surface area contributed by atoms with Crippen molar-refractivity contribution in [1.29, 1.82) is 0 Å². The molecule has 0 atom stereocenters. The number of hydrogen-bond acceptors (Lipinski definition) is 8. The minimum atomic E-state index is -3.22. The standard InChI is InChI=1S/C30H27F2N5O5S/c1-37(23-5-3-4-19(16-23)18-43(2,40)41)29-33-15-12-26(36-29)42-25-11-10-22(17-24(25)32)35-28(39)30(13-14-30)27(38)34-21-8-6-20(31)7-9-21/h3-12,15-17H,13-14,18H2,1-2H3,(H,34,38)(H,35,39). The lowest BCUT2D eigenvalue weighted by Gasteiger charge is -2.18. The monoisotopic (exact) mass is 607 g/mol. The third-order valence-corrected chi connectivity index (χ3v) is 7.63. The summed E-state index contributed by atoms with van der Waals surface area (Å²) >= 11 is 0. The molecule has 1 saturated carbocycles. The van der Waals surface area contributed by atoms with Crippen molar-refractivity contribution < 1.29 is 31.5 Å². The summed E-state index contributed by atoms with van der Waals surface area (Å²) in [5.74, 6) is -2.32. The molecule has 2 N–H and O–H groups in total. The van der Waals surface area contributed by atoms with Gasteiger partial charge >= 0.3 is 0 Å². The van der Waals surface area contributed by atoms with Gasteiger partial charge in [0.05, 0.1) is 5.75 Å². The van der Waals surface area contributed by atoms with Gasteiger partial charge in [0.15, 0.2) is 21.4 Å². The molecule has 13 heteroatoms. The molecule has 0 saturated heterocycles. The topological polar surface area (TPSA) is 131 Å². The highest BCUT2D eigenvalue weighted by atomic mass is 32.2. The zero-order valence-corrected chi connectivity index (χ0v) is 24.0. The summed E-state index contributed by atoms with van der Waals surface area (Å²) in [6, 6.07) is 17.4. The molecule has 5 rings (SSSR count). The van der Waals surface area contributed by atoms with Crippen molar-refractivity contribution in [3.63, 3.8) is 0 Å². The molecule has 10 nitrogen and oxygen atoms in total. The van der Waals surface area contributed by atoms with Gasteiger partial charge < -0.3 is 20.3 Å². The number of ether oxygens (including phenoxy) is 1. The maximum absolute atomic E-state index is 15.0. The van der Waals surface area contributed by atoms with E-state index < -0.39 is 38.7 Å². The molecule has 1 fully saturated rings. The number of rotatable bonds is 10. The number of carbonyl (C=O) groups excluding carboxylic acids is 2. The number of hydrogen-bond donors (Lipinski definition) is 2. The molecule has 0 aliphatic heterocycles. The van der Waals surface area contributed by atoms with Crippen molar-refractivity contribution >= 4 is 44.7 Å². The van der Waals surface area contributed by atoms with Crippen LogP contribution in [0, 0.1) is 17.0 Å². The highest BCUT2D eigenvalue weighted by molar-refractivity contribution is 7.89. The van der Waals surface area contributed by atoms with Crippen LogP contribution < -0.4 is 20.3 Å². The largest absolute Gasteiger partial charge is 0.436 e. The maximum Gasteiger partial charge on any atom is 0.240 e. The van der Waals surface area contributed by atoms with E-state index in [-0.39, 0.29) is 29.0 Å². The molecule has 0 unspecified atom stereocenters. The summed E-state index contributed by atoms with van der Waals surface area (Å²) in [5, 5.41) is 5.21. The minimum Gasteiger partial charge on any atom is -0.436 e. The molecular weight excluding hydrogens is 580 g/mol. The van der Waals surface area contributed by atoms with Crippen LogP contribution in [-0.4, -0.2) is 43.5 Å². The first-order valence-electron chi connectivity index (χ1n) is 13.1. The first-order valence-corrected chi connectivity index (χ1v) is 15.2. The summed E-state index contributed by atoms with van der Waals surface area (Å²) in [5.41, 5.74) is 0.442. The zero-order chi connectivity index (χ0) is 30.8. The van der Waals surface area contributed by atoms with E-state index in [9.17, 15) is 26.8 Å². The van der Waals surface area contributed by atoms with E-state index in [2.05, 4.69) is 20.6 Å². The Morgan fingerprint density at radius 1 is 0.953 bits per heavy atom. The van der Waals surface area contributed by atoms with Crippen LogP contribution in [0.1, 0.15) is 18.4 Å². The summed E-state index contributed by atoms with van der Waals surface area (Å²) in [4.78, 5) is 35.9. The lowest BCUT2D eigenvalue weighted by Crippen LogP contribution is -2.35.